The lowest BCUT2D eigenvalue weighted by atomic mass is 10.1. The summed E-state index contributed by atoms with van der Waals surface area (Å²) in [4.78, 5) is 15.5. The molecule has 0 bridgehead atoms. The number of rotatable bonds is 6. The fourth-order valence-corrected chi connectivity index (χ4v) is 2.79. The quantitative estimate of drug-likeness (QED) is 0.499. The Bertz CT molecular complexity index is 1090. The van der Waals surface area contributed by atoms with Crippen molar-refractivity contribution in [2.24, 2.45) is 0 Å². The number of halogens is 4. The summed E-state index contributed by atoms with van der Waals surface area (Å²) >= 11 is 0. The number of hydrogen-bond acceptors (Lipinski definition) is 5. The van der Waals surface area contributed by atoms with Gasteiger partial charge in [-0.25, -0.2) is 22.2 Å². The van der Waals surface area contributed by atoms with E-state index in [0.717, 1.165) is 23.0 Å². The van der Waals surface area contributed by atoms with E-state index in [0.29, 0.717) is 12.1 Å². The lowest BCUT2D eigenvalue weighted by Crippen LogP contribution is -2.20. The van der Waals surface area contributed by atoms with Crippen LogP contribution in [0.1, 0.15) is 18.1 Å². The van der Waals surface area contributed by atoms with Crippen LogP contribution in [-0.4, -0.2) is 21.9 Å². The van der Waals surface area contributed by atoms with E-state index in [4.69, 9.17) is 4.74 Å². The Kier molecular flexibility index (Phi) is 5.81. The van der Waals surface area contributed by atoms with Crippen LogP contribution in [-0.2, 0) is 13.0 Å². The summed E-state index contributed by atoms with van der Waals surface area (Å²) in [5.74, 6) is -4.88. The number of nitrogens with one attached hydrogen (secondary N) is 1. The third-order valence-corrected chi connectivity index (χ3v) is 4.17. The molecule has 0 aliphatic rings. The second kappa shape index (κ2) is 8.29. The molecule has 1 N–H and O–H groups in total. The predicted molar refractivity (Wildman–Crippen MR) is 97.3 cm³/mol. The summed E-state index contributed by atoms with van der Waals surface area (Å²) in [6.45, 7) is 1.51. The SMILES string of the molecule is CCc1c(Nc2nc(=O)cnn2Cc2cc(F)c(F)c(F)c2)ccc(OC)c1F. The van der Waals surface area contributed by atoms with Crippen LogP contribution in [0, 0.1) is 23.3 Å². The molecule has 0 radical (unpaired) electrons. The fraction of sp³-hybridized carbons (Fsp3) is 0.211. The maximum absolute atomic E-state index is 14.5. The van der Waals surface area contributed by atoms with Crippen LogP contribution in [0.2, 0.25) is 0 Å². The molecule has 0 aliphatic heterocycles. The van der Waals surface area contributed by atoms with Crippen molar-refractivity contribution < 1.29 is 22.3 Å². The maximum Gasteiger partial charge on any atom is 0.293 e. The van der Waals surface area contributed by atoms with Crippen molar-refractivity contribution >= 4 is 11.6 Å². The first kappa shape index (κ1) is 20.3. The number of anilines is 2. The van der Waals surface area contributed by atoms with Gasteiger partial charge in [0.15, 0.2) is 29.0 Å². The number of aromatic nitrogens is 3. The summed E-state index contributed by atoms with van der Waals surface area (Å²) in [6.07, 6.45) is 1.22. The highest BCUT2D eigenvalue weighted by atomic mass is 19.2. The largest absolute Gasteiger partial charge is 0.494 e. The Balaban J connectivity index is 2.01. The van der Waals surface area contributed by atoms with Crippen molar-refractivity contribution in [3.05, 3.63) is 75.2 Å². The molecule has 0 aliphatic carbocycles. The molecule has 3 aromatic rings. The molecule has 0 fully saturated rings. The normalized spacial score (nSPS) is 10.8. The van der Waals surface area contributed by atoms with Gasteiger partial charge in [-0.05, 0) is 36.2 Å². The van der Waals surface area contributed by atoms with Crippen LogP contribution in [0.4, 0.5) is 29.2 Å². The number of nitrogens with zero attached hydrogens (tertiary/aromatic N) is 3. The number of methoxy groups -OCH3 is 1. The van der Waals surface area contributed by atoms with Crippen LogP contribution in [0.5, 0.6) is 5.75 Å². The van der Waals surface area contributed by atoms with Crippen LogP contribution < -0.4 is 15.6 Å². The molecular formula is C19H16F4N4O2. The van der Waals surface area contributed by atoms with Crippen LogP contribution >= 0.6 is 0 Å². The molecule has 1 heterocycles. The third kappa shape index (κ3) is 4.20. The molecular weight excluding hydrogens is 392 g/mol. The number of ether oxygens (including phenoxy) is 1. The molecule has 10 heteroatoms. The molecule has 0 unspecified atom stereocenters. The molecule has 3 rings (SSSR count). The first-order chi connectivity index (χ1) is 13.8. The van der Waals surface area contributed by atoms with Gasteiger partial charge in [0.1, 0.15) is 6.20 Å². The molecule has 0 amide bonds. The summed E-state index contributed by atoms with van der Waals surface area (Å²) in [5.41, 5.74) is -0.0185. The monoisotopic (exact) mass is 408 g/mol. The summed E-state index contributed by atoms with van der Waals surface area (Å²) in [5, 5.41) is 6.70. The van der Waals surface area contributed by atoms with E-state index in [2.05, 4.69) is 15.4 Å². The Morgan fingerprint density at radius 3 is 2.41 bits per heavy atom. The van der Waals surface area contributed by atoms with Gasteiger partial charge in [0.2, 0.25) is 5.95 Å². The molecule has 152 valence electrons. The molecule has 2 aromatic carbocycles. The highest BCUT2D eigenvalue weighted by molar-refractivity contribution is 5.61. The summed E-state index contributed by atoms with van der Waals surface area (Å²) < 4.78 is 60.8. The zero-order valence-electron chi connectivity index (χ0n) is 15.5. The van der Waals surface area contributed by atoms with Crippen molar-refractivity contribution in [1.29, 1.82) is 0 Å². The smallest absolute Gasteiger partial charge is 0.293 e. The van der Waals surface area contributed by atoms with Crippen LogP contribution in [0.25, 0.3) is 0 Å². The minimum atomic E-state index is -1.58. The molecule has 29 heavy (non-hydrogen) atoms. The predicted octanol–water partition coefficient (Wildman–Crippen LogP) is 3.56. The number of benzene rings is 2. The topological polar surface area (TPSA) is 69.0 Å². The van der Waals surface area contributed by atoms with Gasteiger partial charge < -0.3 is 10.1 Å². The summed E-state index contributed by atoms with van der Waals surface area (Å²) in [6, 6.07) is 4.57. The van der Waals surface area contributed by atoms with Crippen molar-refractivity contribution in [1.82, 2.24) is 14.8 Å². The van der Waals surface area contributed by atoms with Gasteiger partial charge in [-0.15, -0.1) is 0 Å². The molecule has 0 saturated carbocycles. The van der Waals surface area contributed by atoms with E-state index in [-0.39, 0.29) is 29.4 Å². The summed E-state index contributed by atoms with van der Waals surface area (Å²) in [7, 11) is 1.34. The first-order valence-electron chi connectivity index (χ1n) is 8.54. The van der Waals surface area contributed by atoms with E-state index in [1.807, 2.05) is 0 Å². The van der Waals surface area contributed by atoms with Crippen molar-refractivity contribution in [3.8, 4) is 5.75 Å². The second-order valence-electron chi connectivity index (χ2n) is 6.04. The van der Waals surface area contributed by atoms with Crippen molar-refractivity contribution in [2.75, 3.05) is 12.4 Å². The highest BCUT2D eigenvalue weighted by Gasteiger charge is 2.16. The highest BCUT2D eigenvalue weighted by Crippen LogP contribution is 2.29. The molecule has 0 atom stereocenters. The second-order valence-corrected chi connectivity index (χ2v) is 6.04. The fourth-order valence-electron chi connectivity index (χ4n) is 2.79. The van der Waals surface area contributed by atoms with E-state index in [9.17, 15) is 22.4 Å². The zero-order valence-corrected chi connectivity index (χ0v) is 15.5. The number of hydrogen-bond donors (Lipinski definition) is 1. The Labute approximate surface area is 162 Å². The van der Waals surface area contributed by atoms with E-state index >= 15 is 0 Å². The van der Waals surface area contributed by atoms with Crippen molar-refractivity contribution in [3.63, 3.8) is 0 Å². The van der Waals surface area contributed by atoms with Gasteiger partial charge >= 0.3 is 0 Å². The Hall–Kier alpha value is -3.43. The van der Waals surface area contributed by atoms with Crippen LogP contribution in [0.15, 0.2) is 35.3 Å². The Morgan fingerprint density at radius 2 is 1.79 bits per heavy atom. The van der Waals surface area contributed by atoms with E-state index in [1.54, 1.807) is 13.0 Å². The molecule has 6 nitrogen and oxygen atoms in total. The van der Waals surface area contributed by atoms with Gasteiger partial charge in [0.25, 0.3) is 5.56 Å². The van der Waals surface area contributed by atoms with Gasteiger partial charge in [-0.3, -0.25) is 4.79 Å². The average Bonchev–Trinajstić information content (AvgIpc) is 2.68. The van der Waals surface area contributed by atoms with Gasteiger partial charge in [-0.1, -0.05) is 6.92 Å². The first-order valence-corrected chi connectivity index (χ1v) is 8.54. The van der Waals surface area contributed by atoms with Gasteiger partial charge in [-0.2, -0.15) is 10.1 Å². The van der Waals surface area contributed by atoms with Crippen molar-refractivity contribution in [2.45, 2.75) is 19.9 Å². The molecule has 1 aromatic heterocycles. The van der Waals surface area contributed by atoms with E-state index < -0.39 is 28.8 Å². The molecule has 0 saturated heterocycles. The maximum atomic E-state index is 14.5. The standard InChI is InChI=1S/C19H16F4N4O2/c1-3-11-14(4-5-15(29-2)17(11)22)25-19-26-16(28)8-24-27(19)9-10-6-12(20)18(23)13(21)7-10/h4-8H,3,9H2,1-2H3,(H,25,26,28). The lowest BCUT2D eigenvalue weighted by molar-refractivity contribution is 0.384. The Morgan fingerprint density at radius 1 is 1.10 bits per heavy atom. The lowest BCUT2D eigenvalue weighted by Gasteiger charge is -2.16. The van der Waals surface area contributed by atoms with Crippen LogP contribution in [0.3, 0.4) is 0 Å². The zero-order chi connectivity index (χ0) is 21.1. The van der Waals surface area contributed by atoms with Gasteiger partial charge in [0, 0.05) is 11.3 Å². The minimum Gasteiger partial charge on any atom is -0.494 e. The van der Waals surface area contributed by atoms with Gasteiger partial charge in [0.05, 0.1) is 13.7 Å². The molecule has 0 spiro atoms. The average molecular weight is 408 g/mol. The minimum absolute atomic E-state index is 0.0547. The van der Waals surface area contributed by atoms with E-state index in [1.165, 1.54) is 13.2 Å². The third-order valence-electron chi connectivity index (χ3n) is 4.17.